The molecular formula is C4H7NO5. The van der Waals surface area contributed by atoms with Crippen molar-refractivity contribution in [3.63, 3.8) is 0 Å². The fourth-order valence-electron chi connectivity index (χ4n) is 0.351. The number of aliphatic hydroxyl groups is 2. The molecule has 0 amide bonds. The Morgan fingerprint density at radius 2 is 2.10 bits per heavy atom. The van der Waals surface area contributed by atoms with Gasteiger partial charge in [-0.3, -0.25) is 10.1 Å². The van der Waals surface area contributed by atoms with Gasteiger partial charge in [-0.15, -0.1) is 0 Å². The second kappa shape index (κ2) is 3.91. The molecule has 0 aromatic rings. The molecule has 0 saturated carbocycles. The molecule has 0 saturated heterocycles. The zero-order valence-electron chi connectivity index (χ0n) is 5.01. The molecule has 0 aliphatic heterocycles. The number of rotatable bonds is 4. The van der Waals surface area contributed by atoms with Gasteiger partial charge in [-0.2, -0.15) is 0 Å². The Bertz CT molecular complexity index is 136. The van der Waals surface area contributed by atoms with E-state index in [0.29, 0.717) is 0 Å². The summed E-state index contributed by atoms with van der Waals surface area (Å²) in [5, 5.41) is 26.7. The molecule has 0 heterocycles. The van der Waals surface area contributed by atoms with Crippen molar-refractivity contribution < 1.29 is 19.9 Å². The van der Waals surface area contributed by atoms with Gasteiger partial charge in [0, 0.05) is 4.92 Å². The van der Waals surface area contributed by atoms with Crippen LogP contribution in [0.1, 0.15) is 0 Å². The van der Waals surface area contributed by atoms with E-state index in [9.17, 15) is 14.9 Å². The zero-order chi connectivity index (χ0) is 8.15. The van der Waals surface area contributed by atoms with Crippen molar-refractivity contribution in [2.24, 2.45) is 0 Å². The van der Waals surface area contributed by atoms with Crippen LogP contribution in [-0.2, 0) is 4.79 Å². The lowest BCUT2D eigenvalue weighted by atomic mass is 10.2. The van der Waals surface area contributed by atoms with Gasteiger partial charge in [0.05, 0.1) is 0 Å². The summed E-state index contributed by atoms with van der Waals surface area (Å²) in [7, 11) is 0. The second-order valence-corrected chi connectivity index (χ2v) is 1.71. The number of nitro groups is 1. The Labute approximate surface area is 56.2 Å². The van der Waals surface area contributed by atoms with Crippen LogP contribution in [0.15, 0.2) is 0 Å². The summed E-state index contributed by atoms with van der Waals surface area (Å²) in [6, 6.07) is 0. The average molecular weight is 149 g/mol. The molecule has 0 rings (SSSR count). The highest BCUT2D eigenvalue weighted by Gasteiger charge is 2.20. The van der Waals surface area contributed by atoms with Crippen LogP contribution in [-0.4, -0.2) is 40.2 Å². The molecule has 6 heteroatoms. The van der Waals surface area contributed by atoms with Crippen LogP contribution in [0.5, 0.6) is 0 Å². The van der Waals surface area contributed by atoms with Gasteiger partial charge in [-0.05, 0) is 0 Å². The number of aldehydes is 1. The number of hydrogen-bond acceptors (Lipinski definition) is 5. The van der Waals surface area contributed by atoms with E-state index in [4.69, 9.17) is 10.2 Å². The smallest absolute Gasteiger partial charge is 0.232 e. The van der Waals surface area contributed by atoms with Crippen LogP contribution in [0.25, 0.3) is 0 Å². The van der Waals surface area contributed by atoms with Gasteiger partial charge in [0.1, 0.15) is 6.10 Å². The molecule has 58 valence electrons. The molecular weight excluding hydrogens is 142 g/mol. The lowest BCUT2D eigenvalue weighted by Gasteiger charge is -2.05. The Morgan fingerprint density at radius 1 is 1.60 bits per heavy atom. The first-order valence-electron chi connectivity index (χ1n) is 2.51. The molecule has 0 aliphatic carbocycles. The number of nitrogens with zero attached hydrogens (tertiary/aromatic N) is 1. The standard InChI is InChI=1S/C4H7NO5/c6-2-4(8)3(7)1-5(9)10/h2-4,7-8H,1H2/t3?,4-/m1/s1. The minimum Gasteiger partial charge on any atom is -0.383 e. The first kappa shape index (κ1) is 8.99. The van der Waals surface area contributed by atoms with Gasteiger partial charge in [0.2, 0.25) is 6.54 Å². The summed E-state index contributed by atoms with van der Waals surface area (Å²) in [6.07, 6.45) is -3.22. The van der Waals surface area contributed by atoms with Gasteiger partial charge >= 0.3 is 0 Å². The molecule has 0 fully saturated rings. The summed E-state index contributed by atoms with van der Waals surface area (Å²) >= 11 is 0. The lowest BCUT2D eigenvalue weighted by molar-refractivity contribution is -0.492. The summed E-state index contributed by atoms with van der Waals surface area (Å²) in [5.74, 6) is 0. The minimum atomic E-state index is -1.66. The highest BCUT2D eigenvalue weighted by atomic mass is 16.6. The third-order valence-corrected chi connectivity index (χ3v) is 0.870. The Balaban J connectivity index is 3.71. The maximum atomic E-state index is 9.70. The first-order chi connectivity index (χ1) is 4.57. The number of hydrogen-bond donors (Lipinski definition) is 2. The predicted octanol–water partition coefficient (Wildman–Crippen LogP) is -1.82. The van der Waals surface area contributed by atoms with Gasteiger partial charge in [-0.1, -0.05) is 0 Å². The van der Waals surface area contributed by atoms with E-state index in [2.05, 4.69) is 0 Å². The second-order valence-electron chi connectivity index (χ2n) is 1.71. The Hall–Kier alpha value is -1.01. The van der Waals surface area contributed by atoms with Crippen LogP contribution in [0.2, 0.25) is 0 Å². The maximum Gasteiger partial charge on any atom is 0.232 e. The van der Waals surface area contributed by atoms with E-state index in [1.165, 1.54) is 0 Å². The average Bonchev–Trinajstić information content (AvgIpc) is 1.85. The van der Waals surface area contributed by atoms with Crippen molar-refractivity contribution in [2.45, 2.75) is 12.2 Å². The molecule has 0 aromatic heterocycles. The molecule has 0 radical (unpaired) electrons. The highest BCUT2D eigenvalue weighted by molar-refractivity contribution is 5.56. The molecule has 0 spiro atoms. The fraction of sp³-hybridized carbons (Fsp3) is 0.750. The van der Waals surface area contributed by atoms with Crippen LogP contribution < -0.4 is 0 Å². The molecule has 1 unspecified atom stereocenters. The van der Waals surface area contributed by atoms with Gasteiger partial charge in [-0.25, -0.2) is 0 Å². The van der Waals surface area contributed by atoms with Crippen LogP contribution >= 0.6 is 0 Å². The number of carbonyl (C=O) groups is 1. The normalized spacial score (nSPS) is 15.8. The van der Waals surface area contributed by atoms with Crippen molar-refractivity contribution in [2.75, 3.05) is 6.54 Å². The molecule has 0 aliphatic rings. The largest absolute Gasteiger partial charge is 0.383 e. The van der Waals surface area contributed by atoms with E-state index in [-0.39, 0.29) is 6.29 Å². The lowest BCUT2D eigenvalue weighted by Crippen LogP contribution is -2.33. The highest BCUT2D eigenvalue weighted by Crippen LogP contribution is 1.89. The van der Waals surface area contributed by atoms with Crippen molar-refractivity contribution in [1.82, 2.24) is 0 Å². The Kier molecular flexibility index (Phi) is 3.52. The van der Waals surface area contributed by atoms with E-state index in [1.54, 1.807) is 0 Å². The van der Waals surface area contributed by atoms with Crippen LogP contribution in [0.4, 0.5) is 0 Å². The van der Waals surface area contributed by atoms with E-state index >= 15 is 0 Å². The summed E-state index contributed by atoms with van der Waals surface area (Å²) in [5.41, 5.74) is 0. The monoisotopic (exact) mass is 149 g/mol. The van der Waals surface area contributed by atoms with Crippen LogP contribution in [0.3, 0.4) is 0 Å². The number of aliphatic hydroxyl groups excluding tert-OH is 2. The molecule has 2 N–H and O–H groups in total. The SMILES string of the molecule is O=C[C@@H](O)C(O)C[N+](=O)[O-]. The predicted molar refractivity (Wildman–Crippen MR) is 29.9 cm³/mol. The topological polar surface area (TPSA) is 101 Å². The number of carbonyl (C=O) groups excluding carboxylic acids is 1. The Morgan fingerprint density at radius 3 is 2.40 bits per heavy atom. The zero-order valence-corrected chi connectivity index (χ0v) is 5.01. The summed E-state index contributed by atoms with van der Waals surface area (Å²) in [4.78, 5) is 18.5. The van der Waals surface area contributed by atoms with Crippen molar-refractivity contribution in [3.8, 4) is 0 Å². The quantitative estimate of drug-likeness (QED) is 0.278. The van der Waals surface area contributed by atoms with E-state index < -0.39 is 23.7 Å². The molecule has 0 bridgehead atoms. The van der Waals surface area contributed by atoms with E-state index in [0.717, 1.165) is 0 Å². The summed E-state index contributed by atoms with van der Waals surface area (Å²) < 4.78 is 0. The van der Waals surface area contributed by atoms with Crippen molar-refractivity contribution >= 4 is 6.29 Å². The van der Waals surface area contributed by atoms with Crippen LogP contribution in [0, 0.1) is 10.1 Å². The van der Waals surface area contributed by atoms with E-state index in [1.807, 2.05) is 0 Å². The summed E-state index contributed by atoms with van der Waals surface area (Å²) in [6.45, 7) is -0.820. The third-order valence-electron chi connectivity index (χ3n) is 0.870. The van der Waals surface area contributed by atoms with Gasteiger partial charge in [0.25, 0.3) is 0 Å². The van der Waals surface area contributed by atoms with Crippen molar-refractivity contribution in [1.29, 1.82) is 0 Å². The third kappa shape index (κ3) is 3.10. The fourth-order valence-corrected chi connectivity index (χ4v) is 0.351. The first-order valence-corrected chi connectivity index (χ1v) is 2.51. The molecule has 2 atom stereocenters. The molecule has 6 nitrogen and oxygen atoms in total. The maximum absolute atomic E-state index is 9.70. The van der Waals surface area contributed by atoms with Crippen molar-refractivity contribution in [3.05, 3.63) is 10.1 Å². The van der Waals surface area contributed by atoms with Gasteiger partial charge < -0.3 is 15.0 Å². The molecule has 10 heavy (non-hydrogen) atoms. The molecule has 0 aromatic carbocycles. The van der Waals surface area contributed by atoms with Gasteiger partial charge in [0.15, 0.2) is 12.4 Å². The minimum absolute atomic E-state index is 0.0498.